The number of fused-ring (bicyclic) bond motifs is 1. The van der Waals surface area contributed by atoms with Gasteiger partial charge in [-0.1, -0.05) is 25.1 Å². The van der Waals surface area contributed by atoms with Gasteiger partial charge in [-0.15, -0.1) is 0 Å². The Balaban J connectivity index is 1.51. The zero-order valence-corrected chi connectivity index (χ0v) is 18.4. The lowest BCUT2D eigenvalue weighted by Crippen LogP contribution is -2.35. The molecule has 1 saturated heterocycles. The van der Waals surface area contributed by atoms with E-state index in [0.717, 1.165) is 53.4 Å². The summed E-state index contributed by atoms with van der Waals surface area (Å²) in [6.45, 7) is 6.87. The molecular formula is C24H26N6O2. The molecule has 164 valence electrons. The predicted molar refractivity (Wildman–Crippen MR) is 122 cm³/mol. The number of nitrogens with zero attached hydrogens (tertiary/aromatic N) is 6. The number of aromatic nitrogens is 4. The fraction of sp³-hybridized carbons (Fsp3) is 0.333. The van der Waals surface area contributed by atoms with Crippen molar-refractivity contribution in [1.82, 2.24) is 24.6 Å². The van der Waals surface area contributed by atoms with Gasteiger partial charge in [0.2, 0.25) is 0 Å². The van der Waals surface area contributed by atoms with Gasteiger partial charge in [-0.05, 0) is 37.6 Å². The molecule has 1 aromatic carbocycles. The quantitative estimate of drug-likeness (QED) is 0.492. The van der Waals surface area contributed by atoms with Gasteiger partial charge >= 0.3 is 0 Å². The standard InChI is InChI=1S/C24H26N6O2/c1-3-20-25-22(21-17(2)27-30(23(21)26-20)18-9-5-4-6-10-18)28-12-8-13-29(15-14-28)24(31)19-11-7-16-32-19/h4-7,9-11,16H,3,8,12-15H2,1-2H3. The molecule has 8 heteroatoms. The Labute approximate surface area is 186 Å². The highest BCUT2D eigenvalue weighted by molar-refractivity contribution is 5.92. The van der Waals surface area contributed by atoms with Crippen molar-refractivity contribution < 1.29 is 9.21 Å². The molecule has 32 heavy (non-hydrogen) atoms. The highest BCUT2D eigenvalue weighted by atomic mass is 16.3. The summed E-state index contributed by atoms with van der Waals surface area (Å²) in [6, 6.07) is 13.5. The van der Waals surface area contributed by atoms with E-state index in [9.17, 15) is 4.79 Å². The minimum atomic E-state index is -0.0630. The molecule has 0 bridgehead atoms. The Morgan fingerprint density at radius 1 is 1.03 bits per heavy atom. The molecule has 0 unspecified atom stereocenters. The van der Waals surface area contributed by atoms with Crippen LogP contribution in [-0.4, -0.2) is 56.7 Å². The molecule has 4 heterocycles. The summed E-state index contributed by atoms with van der Waals surface area (Å²) in [5.41, 5.74) is 2.70. The zero-order chi connectivity index (χ0) is 22.1. The van der Waals surface area contributed by atoms with Gasteiger partial charge in [-0.25, -0.2) is 14.6 Å². The molecule has 4 aromatic rings. The van der Waals surface area contributed by atoms with E-state index in [2.05, 4.69) is 11.8 Å². The molecule has 1 aliphatic rings. The average molecular weight is 431 g/mol. The van der Waals surface area contributed by atoms with Crippen LogP contribution in [0.5, 0.6) is 0 Å². The van der Waals surface area contributed by atoms with Gasteiger partial charge in [-0.2, -0.15) is 5.10 Å². The van der Waals surface area contributed by atoms with E-state index in [1.54, 1.807) is 12.1 Å². The van der Waals surface area contributed by atoms with E-state index in [4.69, 9.17) is 19.5 Å². The van der Waals surface area contributed by atoms with Crippen molar-refractivity contribution in [1.29, 1.82) is 0 Å². The van der Waals surface area contributed by atoms with Crippen molar-refractivity contribution in [3.8, 4) is 5.69 Å². The van der Waals surface area contributed by atoms with Crippen LogP contribution in [0, 0.1) is 6.92 Å². The third kappa shape index (κ3) is 3.62. The molecule has 1 aliphatic heterocycles. The normalized spacial score (nSPS) is 14.7. The smallest absolute Gasteiger partial charge is 0.289 e. The number of carbonyl (C=O) groups excluding carboxylic acids is 1. The molecule has 0 atom stereocenters. The Morgan fingerprint density at radius 2 is 1.88 bits per heavy atom. The van der Waals surface area contributed by atoms with Gasteiger partial charge in [-0.3, -0.25) is 4.79 Å². The van der Waals surface area contributed by atoms with Gasteiger partial charge in [0.15, 0.2) is 11.4 Å². The Morgan fingerprint density at radius 3 is 2.62 bits per heavy atom. The van der Waals surface area contributed by atoms with E-state index >= 15 is 0 Å². The summed E-state index contributed by atoms with van der Waals surface area (Å²) in [4.78, 5) is 26.6. The van der Waals surface area contributed by atoms with Crippen LogP contribution in [0.3, 0.4) is 0 Å². The first-order valence-corrected chi connectivity index (χ1v) is 11.0. The van der Waals surface area contributed by atoms with Crippen LogP contribution >= 0.6 is 0 Å². The number of amides is 1. The second-order valence-electron chi connectivity index (χ2n) is 7.96. The number of hydrogen-bond acceptors (Lipinski definition) is 6. The average Bonchev–Trinajstić information content (AvgIpc) is 3.40. The first-order valence-electron chi connectivity index (χ1n) is 11.0. The first-order chi connectivity index (χ1) is 15.7. The number of hydrogen-bond donors (Lipinski definition) is 0. The number of anilines is 1. The molecule has 0 aliphatic carbocycles. The molecule has 1 fully saturated rings. The Hall–Kier alpha value is -3.68. The number of aryl methyl sites for hydroxylation is 2. The van der Waals surface area contributed by atoms with Crippen molar-refractivity contribution in [3.63, 3.8) is 0 Å². The molecule has 3 aromatic heterocycles. The number of rotatable bonds is 4. The molecule has 0 spiro atoms. The lowest BCUT2D eigenvalue weighted by atomic mass is 10.2. The molecule has 8 nitrogen and oxygen atoms in total. The van der Waals surface area contributed by atoms with Gasteiger partial charge in [0, 0.05) is 32.6 Å². The Kier molecular flexibility index (Phi) is 5.34. The van der Waals surface area contributed by atoms with Crippen molar-refractivity contribution in [2.45, 2.75) is 26.7 Å². The summed E-state index contributed by atoms with van der Waals surface area (Å²) < 4.78 is 7.22. The van der Waals surface area contributed by atoms with Gasteiger partial charge in [0.05, 0.1) is 23.0 Å². The number of furan rings is 1. The molecule has 5 rings (SSSR count). The van der Waals surface area contributed by atoms with Gasteiger partial charge < -0.3 is 14.2 Å². The van der Waals surface area contributed by atoms with Crippen molar-refractivity contribution in [2.24, 2.45) is 0 Å². The lowest BCUT2D eigenvalue weighted by molar-refractivity contribution is 0.0735. The van der Waals surface area contributed by atoms with Crippen LogP contribution < -0.4 is 4.90 Å². The van der Waals surface area contributed by atoms with Crippen LogP contribution in [0.4, 0.5) is 5.82 Å². The van der Waals surface area contributed by atoms with Crippen LogP contribution in [0.25, 0.3) is 16.7 Å². The fourth-order valence-electron chi connectivity index (χ4n) is 4.23. The predicted octanol–water partition coefficient (Wildman–Crippen LogP) is 3.63. The molecule has 0 N–H and O–H groups in total. The van der Waals surface area contributed by atoms with Crippen LogP contribution in [0.1, 0.15) is 35.4 Å². The van der Waals surface area contributed by atoms with Gasteiger partial charge in [0.25, 0.3) is 5.91 Å². The van der Waals surface area contributed by atoms with Crippen molar-refractivity contribution >= 4 is 22.8 Å². The third-order valence-electron chi connectivity index (χ3n) is 5.86. The summed E-state index contributed by atoms with van der Waals surface area (Å²) in [6.07, 6.45) is 3.12. The summed E-state index contributed by atoms with van der Waals surface area (Å²) in [5.74, 6) is 2.01. The van der Waals surface area contributed by atoms with E-state index in [0.29, 0.717) is 25.4 Å². The van der Waals surface area contributed by atoms with E-state index < -0.39 is 0 Å². The van der Waals surface area contributed by atoms with Crippen molar-refractivity contribution in [3.05, 3.63) is 66.0 Å². The third-order valence-corrected chi connectivity index (χ3v) is 5.86. The molecular weight excluding hydrogens is 404 g/mol. The maximum Gasteiger partial charge on any atom is 0.289 e. The minimum Gasteiger partial charge on any atom is -0.459 e. The SMILES string of the molecule is CCc1nc(N2CCCN(C(=O)c3ccco3)CC2)c2c(C)nn(-c3ccccc3)c2n1. The van der Waals surface area contributed by atoms with E-state index in [-0.39, 0.29) is 5.91 Å². The number of para-hydroxylation sites is 1. The van der Waals surface area contributed by atoms with Crippen LogP contribution in [-0.2, 0) is 6.42 Å². The number of carbonyl (C=O) groups is 1. The fourth-order valence-corrected chi connectivity index (χ4v) is 4.23. The maximum absolute atomic E-state index is 12.8. The highest BCUT2D eigenvalue weighted by Crippen LogP contribution is 2.30. The largest absolute Gasteiger partial charge is 0.459 e. The van der Waals surface area contributed by atoms with Crippen LogP contribution in [0.2, 0.25) is 0 Å². The maximum atomic E-state index is 12.8. The topological polar surface area (TPSA) is 80.3 Å². The monoisotopic (exact) mass is 430 g/mol. The Bertz CT molecular complexity index is 1230. The van der Waals surface area contributed by atoms with Gasteiger partial charge in [0.1, 0.15) is 11.6 Å². The second kappa shape index (κ2) is 8.45. The summed E-state index contributed by atoms with van der Waals surface area (Å²) in [5, 5.41) is 5.77. The lowest BCUT2D eigenvalue weighted by Gasteiger charge is -2.23. The molecule has 0 radical (unpaired) electrons. The van der Waals surface area contributed by atoms with E-state index in [1.807, 2.05) is 46.8 Å². The summed E-state index contributed by atoms with van der Waals surface area (Å²) in [7, 11) is 0. The highest BCUT2D eigenvalue weighted by Gasteiger charge is 2.26. The second-order valence-corrected chi connectivity index (χ2v) is 7.96. The minimum absolute atomic E-state index is 0.0630. The zero-order valence-electron chi connectivity index (χ0n) is 18.4. The molecule has 0 saturated carbocycles. The van der Waals surface area contributed by atoms with E-state index in [1.165, 1.54) is 6.26 Å². The van der Waals surface area contributed by atoms with Crippen molar-refractivity contribution in [2.75, 3.05) is 31.1 Å². The number of benzene rings is 1. The first kappa shape index (κ1) is 20.2. The molecule has 1 amide bonds. The van der Waals surface area contributed by atoms with Crippen LogP contribution in [0.15, 0.2) is 53.1 Å². The summed E-state index contributed by atoms with van der Waals surface area (Å²) >= 11 is 0.